The monoisotopic (exact) mass is 465 g/mol. The second-order valence-electron chi connectivity index (χ2n) is 8.79. The van der Waals surface area contributed by atoms with Crippen molar-refractivity contribution in [3.8, 4) is 5.75 Å². The van der Waals surface area contributed by atoms with Crippen molar-refractivity contribution < 1.29 is 14.3 Å². The summed E-state index contributed by atoms with van der Waals surface area (Å²) in [6.07, 6.45) is 4.79. The molecular weight excluding hydrogens is 434 g/mol. The molecule has 0 saturated carbocycles. The molecule has 0 aliphatic carbocycles. The summed E-state index contributed by atoms with van der Waals surface area (Å²) < 4.78 is 5.52. The van der Waals surface area contributed by atoms with Gasteiger partial charge in [-0.05, 0) is 56.0 Å². The van der Waals surface area contributed by atoms with Gasteiger partial charge in [-0.25, -0.2) is 4.98 Å². The number of aromatic nitrogens is 1. The minimum absolute atomic E-state index is 0.0381. The number of carbonyl (C=O) groups excluding carboxylic acids is 2. The number of nitrogens with one attached hydrogen (secondary N) is 2. The Labute approximate surface area is 198 Å². The molecule has 0 spiro atoms. The topological polar surface area (TPSA) is 80.3 Å². The smallest absolute Gasteiger partial charge is 0.220 e. The highest BCUT2D eigenvalue weighted by Gasteiger charge is 2.38. The Kier molecular flexibility index (Phi) is 7.28. The van der Waals surface area contributed by atoms with Crippen LogP contribution >= 0.6 is 11.3 Å². The van der Waals surface area contributed by atoms with Gasteiger partial charge in [0.05, 0.1) is 18.3 Å². The number of fused-ring (bicyclic) bond motifs is 1. The maximum Gasteiger partial charge on any atom is 0.220 e. The van der Waals surface area contributed by atoms with Crippen molar-refractivity contribution in [3.63, 3.8) is 0 Å². The summed E-state index contributed by atoms with van der Waals surface area (Å²) in [5, 5.41) is 8.43. The molecule has 174 valence electrons. The molecule has 7 heteroatoms. The van der Waals surface area contributed by atoms with Crippen molar-refractivity contribution in [1.29, 1.82) is 0 Å². The molecule has 3 aromatic rings. The molecule has 1 saturated heterocycles. The third kappa shape index (κ3) is 5.53. The predicted octanol–water partition coefficient (Wildman–Crippen LogP) is 4.33. The number of aryl methyl sites for hydroxylation is 2. The Morgan fingerprint density at radius 3 is 2.76 bits per heavy atom. The molecule has 2 N–H and O–H groups in total. The summed E-state index contributed by atoms with van der Waals surface area (Å²) in [4.78, 5) is 30.3. The fraction of sp³-hybridized carbons (Fsp3) is 0.423. The molecule has 1 aliphatic rings. The summed E-state index contributed by atoms with van der Waals surface area (Å²) in [6.45, 7) is 2.67. The predicted molar refractivity (Wildman–Crippen MR) is 132 cm³/mol. The van der Waals surface area contributed by atoms with Crippen LogP contribution in [0, 0.1) is 6.92 Å². The third-order valence-corrected chi connectivity index (χ3v) is 7.53. The van der Waals surface area contributed by atoms with Crippen molar-refractivity contribution >= 4 is 33.9 Å². The van der Waals surface area contributed by atoms with Crippen LogP contribution in [0.2, 0.25) is 0 Å². The normalized spacial score (nSPS) is 17.8. The summed E-state index contributed by atoms with van der Waals surface area (Å²) in [5.41, 5.74) is 3.71. The zero-order valence-electron chi connectivity index (χ0n) is 19.3. The number of benzene rings is 2. The molecule has 0 bridgehead atoms. The first-order valence-electron chi connectivity index (χ1n) is 11.5. The quantitative estimate of drug-likeness (QED) is 0.437. The van der Waals surface area contributed by atoms with Crippen molar-refractivity contribution in [2.75, 3.05) is 13.7 Å². The summed E-state index contributed by atoms with van der Waals surface area (Å²) in [7, 11) is 1.68. The van der Waals surface area contributed by atoms with Gasteiger partial charge in [-0.3, -0.25) is 9.59 Å². The van der Waals surface area contributed by atoms with Gasteiger partial charge in [-0.15, -0.1) is 11.3 Å². The van der Waals surface area contributed by atoms with E-state index in [1.165, 1.54) is 4.88 Å². The van der Waals surface area contributed by atoms with Gasteiger partial charge in [0, 0.05) is 35.2 Å². The Balaban J connectivity index is 1.38. The van der Waals surface area contributed by atoms with Gasteiger partial charge in [0.15, 0.2) is 0 Å². The first-order chi connectivity index (χ1) is 16.0. The van der Waals surface area contributed by atoms with Crippen LogP contribution in [0.15, 0.2) is 41.9 Å². The molecule has 33 heavy (non-hydrogen) atoms. The van der Waals surface area contributed by atoms with Crippen LogP contribution in [-0.2, 0) is 22.4 Å². The first kappa shape index (κ1) is 23.2. The molecule has 2 aromatic carbocycles. The number of carbonyl (C=O) groups is 2. The minimum atomic E-state index is -0.397. The lowest BCUT2D eigenvalue weighted by Crippen LogP contribution is -2.44. The van der Waals surface area contributed by atoms with E-state index in [4.69, 9.17) is 4.74 Å². The Bertz CT molecular complexity index is 1140. The van der Waals surface area contributed by atoms with Crippen molar-refractivity contribution in [2.24, 2.45) is 0 Å². The summed E-state index contributed by atoms with van der Waals surface area (Å²) in [5.74, 6) is 0.941. The average molecular weight is 466 g/mol. The fourth-order valence-electron chi connectivity index (χ4n) is 4.70. The van der Waals surface area contributed by atoms with Crippen LogP contribution in [0.1, 0.15) is 48.2 Å². The lowest BCUT2D eigenvalue weighted by atomic mass is 9.83. The van der Waals surface area contributed by atoms with E-state index in [0.717, 1.165) is 47.0 Å². The van der Waals surface area contributed by atoms with E-state index in [0.29, 0.717) is 32.2 Å². The number of methoxy groups -OCH3 is 1. The number of amides is 2. The van der Waals surface area contributed by atoms with E-state index in [1.54, 1.807) is 18.4 Å². The number of ether oxygens (including phenoxy) is 1. The molecule has 2 amide bonds. The molecule has 1 aromatic heterocycles. The fourth-order valence-corrected chi connectivity index (χ4v) is 5.52. The molecule has 1 fully saturated rings. The standard InChI is InChI=1S/C26H31N3O3S/c1-18-23(33-17-28-18)8-5-15-27-24(30)11-13-26(14-12-25(31)29-26)16-19-9-10-22(32-2)21-7-4-3-6-20(19)21/h3-4,6-7,9-10,17H,5,8,11-16H2,1-2H3,(H,27,30)(H,29,31). The molecule has 6 nitrogen and oxygen atoms in total. The molecular formula is C26H31N3O3S. The van der Waals surface area contributed by atoms with Gasteiger partial charge >= 0.3 is 0 Å². The van der Waals surface area contributed by atoms with E-state index in [9.17, 15) is 9.59 Å². The highest BCUT2D eigenvalue weighted by molar-refractivity contribution is 7.09. The van der Waals surface area contributed by atoms with Gasteiger partial charge in [-0.1, -0.05) is 30.3 Å². The minimum Gasteiger partial charge on any atom is -0.496 e. The number of rotatable bonds is 10. The van der Waals surface area contributed by atoms with Gasteiger partial charge in [0.25, 0.3) is 0 Å². The first-order valence-corrected chi connectivity index (χ1v) is 12.4. The molecule has 4 rings (SSSR count). The summed E-state index contributed by atoms with van der Waals surface area (Å²) in [6, 6.07) is 12.2. The zero-order valence-corrected chi connectivity index (χ0v) is 20.1. The largest absolute Gasteiger partial charge is 0.496 e. The number of hydrogen-bond donors (Lipinski definition) is 2. The van der Waals surface area contributed by atoms with Crippen molar-refractivity contribution in [3.05, 3.63) is 58.0 Å². The van der Waals surface area contributed by atoms with Crippen LogP contribution < -0.4 is 15.4 Å². The second-order valence-corrected chi connectivity index (χ2v) is 9.73. The number of hydrogen-bond acceptors (Lipinski definition) is 5. The molecule has 2 heterocycles. The summed E-state index contributed by atoms with van der Waals surface area (Å²) >= 11 is 1.67. The van der Waals surface area contributed by atoms with E-state index >= 15 is 0 Å². The van der Waals surface area contributed by atoms with Crippen molar-refractivity contribution in [2.45, 2.75) is 57.4 Å². The average Bonchev–Trinajstić information content (AvgIpc) is 3.40. The lowest BCUT2D eigenvalue weighted by molar-refractivity contribution is -0.122. The van der Waals surface area contributed by atoms with Gasteiger partial charge in [0.1, 0.15) is 5.75 Å². The maximum atomic E-state index is 12.6. The van der Waals surface area contributed by atoms with Crippen LogP contribution in [0.4, 0.5) is 0 Å². The van der Waals surface area contributed by atoms with E-state index in [2.05, 4.69) is 33.8 Å². The molecule has 1 unspecified atom stereocenters. The Morgan fingerprint density at radius 1 is 1.24 bits per heavy atom. The highest BCUT2D eigenvalue weighted by Crippen LogP contribution is 2.34. The second kappa shape index (κ2) is 10.3. The van der Waals surface area contributed by atoms with Gasteiger partial charge < -0.3 is 15.4 Å². The van der Waals surface area contributed by atoms with E-state index < -0.39 is 5.54 Å². The van der Waals surface area contributed by atoms with Crippen LogP contribution in [0.3, 0.4) is 0 Å². The number of nitrogens with zero attached hydrogens (tertiary/aromatic N) is 1. The van der Waals surface area contributed by atoms with E-state index in [-0.39, 0.29) is 11.8 Å². The Hall–Kier alpha value is -2.93. The van der Waals surface area contributed by atoms with Crippen LogP contribution in [0.25, 0.3) is 10.8 Å². The molecule has 1 atom stereocenters. The zero-order chi connectivity index (χ0) is 23.3. The van der Waals surface area contributed by atoms with Crippen LogP contribution in [-0.4, -0.2) is 36.0 Å². The molecule has 1 aliphatic heterocycles. The highest BCUT2D eigenvalue weighted by atomic mass is 32.1. The molecule has 0 radical (unpaired) electrons. The van der Waals surface area contributed by atoms with Gasteiger partial charge in [-0.2, -0.15) is 0 Å². The van der Waals surface area contributed by atoms with Crippen LogP contribution in [0.5, 0.6) is 5.75 Å². The Morgan fingerprint density at radius 2 is 2.06 bits per heavy atom. The SMILES string of the molecule is COc1ccc(CC2(CCC(=O)NCCCc3scnc3C)CCC(=O)N2)c2ccccc12. The number of thiazole rings is 1. The van der Waals surface area contributed by atoms with Gasteiger partial charge in [0.2, 0.25) is 11.8 Å². The lowest BCUT2D eigenvalue weighted by Gasteiger charge is -2.30. The maximum absolute atomic E-state index is 12.6. The van der Waals surface area contributed by atoms with Crippen molar-refractivity contribution in [1.82, 2.24) is 15.6 Å². The third-order valence-electron chi connectivity index (χ3n) is 6.54. The van der Waals surface area contributed by atoms with E-state index in [1.807, 2.05) is 30.6 Å².